The number of ketones is 1. The topological polar surface area (TPSA) is 103 Å². The first kappa shape index (κ1) is 20.9. The predicted octanol–water partition coefficient (Wildman–Crippen LogP) is 3.58. The van der Waals surface area contributed by atoms with Gasteiger partial charge in [-0.2, -0.15) is 5.10 Å². The molecule has 32 heavy (non-hydrogen) atoms. The van der Waals surface area contributed by atoms with E-state index in [1.54, 1.807) is 48.7 Å². The molecule has 0 unspecified atom stereocenters. The van der Waals surface area contributed by atoms with E-state index in [9.17, 15) is 14.4 Å². The highest BCUT2D eigenvalue weighted by Crippen LogP contribution is 2.30. The van der Waals surface area contributed by atoms with Crippen molar-refractivity contribution in [2.24, 2.45) is 0 Å². The van der Waals surface area contributed by atoms with Gasteiger partial charge in [-0.05, 0) is 31.2 Å². The number of hydrogen-bond acceptors (Lipinski definition) is 7. The van der Waals surface area contributed by atoms with Crippen LogP contribution in [0.5, 0.6) is 0 Å². The second-order valence-corrected chi connectivity index (χ2v) is 7.06. The normalized spacial score (nSPS) is 10.7. The monoisotopic (exact) mass is 428 g/mol. The third kappa shape index (κ3) is 3.98. The fourth-order valence-electron chi connectivity index (χ4n) is 3.47. The number of nitrogens with zero attached hydrogens (tertiary/aromatic N) is 3. The molecule has 0 atom stereocenters. The van der Waals surface area contributed by atoms with Crippen LogP contribution in [0, 0.1) is 0 Å². The van der Waals surface area contributed by atoms with E-state index in [1.807, 2.05) is 18.2 Å². The second kappa shape index (κ2) is 8.81. The lowest BCUT2D eigenvalue weighted by Gasteiger charge is -2.17. The van der Waals surface area contributed by atoms with Crippen LogP contribution in [0.2, 0.25) is 0 Å². The minimum Gasteiger partial charge on any atom is -0.468 e. The molecule has 4 rings (SSSR count). The smallest absolute Gasteiger partial charge is 0.327 e. The molecule has 2 aromatic carbocycles. The van der Waals surface area contributed by atoms with E-state index >= 15 is 0 Å². The van der Waals surface area contributed by atoms with Crippen molar-refractivity contribution in [3.8, 4) is 11.3 Å². The van der Waals surface area contributed by atoms with E-state index in [4.69, 9.17) is 4.74 Å². The second-order valence-electron chi connectivity index (χ2n) is 7.06. The first-order valence-corrected chi connectivity index (χ1v) is 9.88. The number of anilines is 2. The van der Waals surface area contributed by atoms with Gasteiger partial charge in [-0.3, -0.25) is 19.4 Å². The van der Waals surface area contributed by atoms with Crippen LogP contribution in [0.3, 0.4) is 0 Å². The van der Waals surface area contributed by atoms with Crippen LogP contribution in [0.25, 0.3) is 22.2 Å². The number of fused-ring (bicyclic) bond motifs is 1. The molecule has 0 radical (unpaired) electrons. The van der Waals surface area contributed by atoms with Crippen LogP contribution in [-0.2, 0) is 16.1 Å². The molecule has 0 fully saturated rings. The van der Waals surface area contributed by atoms with Crippen LogP contribution in [0.15, 0.2) is 71.7 Å². The molecule has 0 aliphatic rings. The summed E-state index contributed by atoms with van der Waals surface area (Å²) in [6.07, 6.45) is 1.68. The molecule has 0 aliphatic carbocycles. The van der Waals surface area contributed by atoms with Gasteiger partial charge in [0, 0.05) is 22.8 Å². The van der Waals surface area contributed by atoms with Crippen molar-refractivity contribution in [2.75, 3.05) is 12.4 Å². The van der Waals surface area contributed by atoms with Gasteiger partial charge in [0.25, 0.3) is 5.56 Å². The number of aromatic nitrogens is 3. The maximum absolute atomic E-state index is 13.3. The van der Waals surface area contributed by atoms with E-state index in [0.29, 0.717) is 16.9 Å². The zero-order chi connectivity index (χ0) is 22.7. The lowest BCUT2D eigenvalue weighted by molar-refractivity contribution is -0.141. The number of pyridine rings is 1. The van der Waals surface area contributed by atoms with Gasteiger partial charge in [0.1, 0.15) is 17.9 Å². The Balaban J connectivity index is 1.99. The maximum Gasteiger partial charge on any atom is 0.327 e. The summed E-state index contributed by atoms with van der Waals surface area (Å²) in [6.45, 7) is 0.989. The summed E-state index contributed by atoms with van der Waals surface area (Å²) in [4.78, 5) is 42.3. The van der Waals surface area contributed by atoms with Gasteiger partial charge in [0.2, 0.25) is 0 Å². The lowest BCUT2D eigenvalue weighted by atomic mass is 10.0. The SMILES string of the molecule is COC(=O)Cn1nc(-c2ccccc2)c(C(C)=O)c(Nc2cccc3ncccc23)c1=O. The quantitative estimate of drug-likeness (QED) is 0.370. The van der Waals surface area contributed by atoms with Crippen molar-refractivity contribution < 1.29 is 14.3 Å². The molecule has 0 amide bonds. The average Bonchev–Trinajstić information content (AvgIpc) is 2.81. The Morgan fingerprint density at radius 2 is 1.81 bits per heavy atom. The summed E-state index contributed by atoms with van der Waals surface area (Å²) in [6, 6.07) is 18.1. The molecule has 0 spiro atoms. The summed E-state index contributed by atoms with van der Waals surface area (Å²) in [7, 11) is 1.23. The highest BCUT2D eigenvalue weighted by atomic mass is 16.5. The Bertz CT molecular complexity index is 1370. The maximum atomic E-state index is 13.3. The Labute approximate surface area is 183 Å². The number of Topliss-reactive ketones (excluding diaryl/α,β-unsaturated/α-hetero) is 1. The van der Waals surface area contributed by atoms with Crippen molar-refractivity contribution >= 4 is 34.0 Å². The molecule has 2 aromatic heterocycles. The van der Waals surface area contributed by atoms with Crippen LogP contribution < -0.4 is 10.9 Å². The van der Waals surface area contributed by atoms with Gasteiger partial charge in [0.15, 0.2) is 5.78 Å². The van der Waals surface area contributed by atoms with Crippen molar-refractivity contribution in [2.45, 2.75) is 13.5 Å². The van der Waals surface area contributed by atoms with E-state index in [0.717, 1.165) is 15.6 Å². The zero-order valence-corrected chi connectivity index (χ0v) is 17.5. The molecule has 160 valence electrons. The van der Waals surface area contributed by atoms with Crippen LogP contribution in [-0.4, -0.2) is 33.6 Å². The molecule has 1 N–H and O–H groups in total. The predicted molar refractivity (Wildman–Crippen MR) is 121 cm³/mol. The summed E-state index contributed by atoms with van der Waals surface area (Å²) in [5.41, 5.74) is 1.83. The molecule has 0 saturated heterocycles. The number of methoxy groups -OCH3 is 1. The Hall–Kier alpha value is -4.33. The van der Waals surface area contributed by atoms with Gasteiger partial charge in [-0.15, -0.1) is 0 Å². The number of ether oxygens (including phenoxy) is 1. The Morgan fingerprint density at radius 1 is 1.03 bits per heavy atom. The Kier molecular flexibility index (Phi) is 5.76. The van der Waals surface area contributed by atoms with E-state index < -0.39 is 11.5 Å². The molecule has 0 saturated carbocycles. The summed E-state index contributed by atoms with van der Waals surface area (Å²) in [5, 5.41) is 8.25. The van der Waals surface area contributed by atoms with Gasteiger partial charge in [-0.1, -0.05) is 36.4 Å². The number of carbonyl (C=O) groups is 2. The third-order valence-electron chi connectivity index (χ3n) is 4.97. The van der Waals surface area contributed by atoms with Crippen LogP contribution in [0.1, 0.15) is 17.3 Å². The average molecular weight is 428 g/mol. The molecular weight excluding hydrogens is 408 g/mol. The van der Waals surface area contributed by atoms with Gasteiger partial charge >= 0.3 is 5.97 Å². The van der Waals surface area contributed by atoms with Crippen molar-refractivity contribution in [1.82, 2.24) is 14.8 Å². The van der Waals surface area contributed by atoms with Gasteiger partial charge < -0.3 is 10.1 Å². The minimum absolute atomic E-state index is 0.0339. The number of carbonyl (C=O) groups excluding carboxylic acids is 2. The van der Waals surface area contributed by atoms with E-state index in [-0.39, 0.29) is 23.6 Å². The molecule has 8 heteroatoms. The molecular formula is C24H20N4O4. The molecule has 4 aromatic rings. The zero-order valence-electron chi connectivity index (χ0n) is 17.5. The largest absolute Gasteiger partial charge is 0.468 e. The number of nitrogens with one attached hydrogen (secondary N) is 1. The number of rotatable bonds is 6. The van der Waals surface area contributed by atoms with Crippen molar-refractivity contribution in [1.29, 1.82) is 0 Å². The van der Waals surface area contributed by atoms with Crippen LogP contribution >= 0.6 is 0 Å². The summed E-state index contributed by atoms with van der Waals surface area (Å²) < 4.78 is 5.72. The van der Waals surface area contributed by atoms with Gasteiger partial charge in [0.05, 0.1) is 18.2 Å². The number of benzene rings is 2. The molecule has 0 aliphatic heterocycles. The van der Waals surface area contributed by atoms with E-state index in [2.05, 4.69) is 15.4 Å². The molecule has 0 bridgehead atoms. The summed E-state index contributed by atoms with van der Waals surface area (Å²) in [5.74, 6) is -0.964. The first-order chi connectivity index (χ1) is 15.5. The highest BCUT2D eigenvalue weighted by molar-refractivity contribution is 6.06. The lowest BCUT2D eigenvalue weighted by Crippen LogP contribution is -2.31. The molecule has 2 heterocycles. The molecule has 8 nitrogen and oxygen atoms in total. The van der Waals surface area contributed by atoms with E-state index in [1.165, 1.54) is 14.0 Å². The fraction of sp³-hybridized carbons (Fsp3) is 0.125. The standard InChI is InChI=1S/C24H20N4O4/c1-15(29)21-22(16-8-4-3-5-9-16)27-28(14-20(30)32-2)24(31)23(21)26-19-12-6-11-18-17(19)10-7-13-25-18/h3-13,26H,14H2,1-2H3. The highest BCUT2D eigenvalue weighted by Gasteiger charge is 2.23. The Morgan fingerprint density at radius 3 is 2.53 bits per heavy atom. The number of hydrogen-bond donors (Lipinski definition) is 1. The number of esters is 1. The fourth-order valence-corrected chi connectivity index (χ4v) is 3.47. The van der Waals surface area contributed by atoms with Crippen molar-refractivity contribution in [3.63, 3.8) is 0 Å². The first-order valence-electron chi connectivity index (χ1n) is 9.88. The van der Waals surface area contributed by atoms with Gasteiger partial charge in [-0.25, -0.2) is 4.68 Å². The summed E-state index contributed by atoms with van der Waals surface area (Å²) >= 11 is 0. The van der Waals surface area contributed by atoms with Crippen molar-refractivity contribution in [3.05, 3.63) is 82.8 Å². The minimum atomic E-state index is -0.630. The van der Waals surface area contributed by atoms with Crippen LogP contribution in [0.4, 0.5) is 11.4 Å². The third-order valence-corrected chi connectivity index (χ3v) is 4.97.